The van der Waals surface area contributed by atoms with Crippen LogP contribution >= 0.6 is 0 Å². The van der Waals surface area contributed by atoms with Gasteiger partial charge in [-0.2, -0.15) is 0 Å². The van der Waals surface area contributed by atoms with Gasteiger partial charge in [0.05, 0.1) is 13.5 Å². The molecule has 0 unspecified atom stereocenters. The van der Waals surface area contributed by atoms with E-state index < -0.39 is 5.82 Å². The Labute approximate surface area is 104 Å². The molecule has 0 spiro atoms. The highest BCUT2D eigenvalue weighted by molar-refractivity contribution is 5.97. The number of methoxy groups -OCH3 is 1. The maximum atomic E-state index is 13.2. The Hall–Kier alpha value is -2.17. The normalized spacial score (nSPS) is 10.4. The van der Waals surface area contributed by atoms with Crippen molar-refractivity contribution in [1.82, 2.24) is 9.55 Å². The van der Waals surface area contributed by atoms with Gasteiger partial charge in [-0.3, -0.25) is 4.79 Å². The van der Waals surface area contributed by atoms with Crippen molar-refractivity contribution in [2.75, 3.05) is 7.11 Å². The van der Waals surface area contributed by atoms with Crippen LogP contribution in [0.15, 0.2) is 30.6 Å². The van der Waals surface area contributed by atoms with Crippen molar-refractivity contribution in [3.05, 3.63) is 47.8 Å². The quantitative estimate of drug-likeness (QED) is 0.777. The molecule has 0 aliphatic carbocycles. The number of rotatable bonds is 4. The number of Topliss-reactive ketones (excluding diaryl/α,β-unsaturated/α-hetero) is 1. The minimum Gasteiger partial charge on any atom is -0.494 e. The predicted molar refractivity (Wildman–Crippen MR) is 64.2 cm³/mol. The minimum absolute atomic E-state index is 0.0701. The summed E-state index contributed by atoms with van der Waals surface area (Å²) in [4.78, 5) is 16.1. The average Bonchev–Trinajstić information content (AvgIpc) is 2.75. The number of carbonyl (C=O) groups is 1. The third kappa shape index (κ3) is 2.40. The number of aromatic nitrogens is 2. The predicted octanol–water partition coefficient (Wildman–Crippen LogP) is 1.99. The number of imidazole rings is 1. The molecule has 1 aromatic carbocycles. The van der Waals surface area contributed by atoms with E-state index in [2.05, 4.69) is 4.98 Å². The maximum Gasteiger partial charge on any atom is 0.170 e. The van der Waals surface area contributed by atoms with Crippen molar-refractivity contribution < 1.29 is 13.9 Å². The Kier molecular flexibility index (Phi) is 3.41. The van der Waals surface area contributed by atoms with Crippen molar-refractivity contribution in [3.8, 4) is 5.75 Å². The van der Waals surface area contributed by atoms with Crippen molar-refractivity contribution in [3.63, 3.8) is 0 Å². The molecule has 18 heavy (non-hydrogen) atoms. The maximum absolute atomic E-state index is 13.2. The van der Waals surface area contributed by atoms with Crippen LogP contribution in [0.3, 0.4) is 0 Å². The van der Waals surface area contributed by atoms with Crippen LogP contribution in [0.5, 0.6) is 5.75 Å². The molecule has 0 bridgehead atoms. The van der Waals surface area contributed by atoms with E-state index in [1.165, 1.54) is 25.3 Å². The lowest BCUT2D eigenvalue weighted by atomic mass is 10.1. The Balaban J connectivity index is 2.21. The second-order valence-electron chi connectivity index (χ2n) is 3.90. The fraction of sp³-hybridized carbons (Fsp3) is 0.231. The molecule has 0 N–H and O–H groups in total. The highest BCUT2D eigenvalue weighted by atomic mass is 19.1. The number of benzene rings is 1. The number of hydrogen-bond acceptors (Lipinski definition) is 3. The lowest BCUT2D eigenvalue weighted by Gasteiger charge is -2.05. The zero-order valence-corrected chi connectivity index (χ0v) is 10.2. The van der Waals surface area contributed by atoms with E-state index in [1.54, 1.807) is 17.0 Å². The van der Waals surface area contributed by atoms with Crippen molar-refractivity contribution in [2.45, 2.75) is 6.42 Å². The lowest BCUT2D eigenvalue weighted by Crippen LogP contribution is -2.08. The Morgan fingerprint density at radius 2 is 2.28 bits per heavy atom. The SMILES string of the molecule is COc1cc(C(=O)Cc2nccn2C)ccc1F. The van der Waals surface area contributed by atoms with E-state index in [4.69, 9.17) is 4.74 Å². The summed E-state index contributed by atoms with van der Waals surface area (Å²) in [5, 5.41) is 0. The zero-order chi connectivity index (χ0) is 13.1. The Bertz CT molecular complexity index is 578. The summed E-state index contributed by atoms with van der Waals surface area (Å²) in [5.74, 6) is 0.137. The number of ether oxygens (including phenoxy) is 1. The van der Waals surface area contributed by atoms with Crippen LogP contribution in [0, 0.1) is 5.82 Å². The van der Waals surface area contributed by atoms with Crippen LogP contribution in [-0.4, -0.2) is 22.4 Å². The second kappa shape index (κ2) is 5.00. The van der Waals surface area contributed by atoms with E-state index in [-0.39, 0.29) is 18.0 Å². The molecule has 94 valence electrons. The largest absolute Gasteiger partial charge is 0.494 e. The smallest absolute Gasteiger partial charge is 0.170 e. The van der Waals surface area contributed by atoms with Gasteiger partial charge in [0.15, 0.2) is 17.3 Å². The number of hydrogen-bond donors (Lipinski definition) is 0. The molecule has 0 aliphatic heterocycles. The number of aryl methyl sites for hydroxylation is 1. The van der Waals surface area contributed by atoms with Crippen molar-refractivity contribution in [1.29, 1.82) is 0 Å². The first-order valence-electron chi connectivity index (χ1n) is 5.44. The highest BCUT2D eigenvalue weighted by Crippen LogP contribution is 2.19. The third-order valence-electron chi connectivity index (χ3n) is 2.71. The van der Waals surface area contributed by atoms with Gasteiger partial charge in [-0.15, -0.1) is 0 Å². The van der Waals surface area contributed by atoms with E-state index in [1.807, 2.05) is 7.05 Å². The molecule has 4 nitrogen and oxygen atoms in total. The van der Waals surface area contributed by atoms with Crippen LogP contribution in [0.25, 0.3) is 0 Å². The lowest BCUT2D eigenvalue weighted by molar-refractivity contribution is 0.0989. The van der Waals surface area contributed by atoms with Gasteiger partial charge in [-0.25, -0.2) is 9.37 Å². The summed E-state index contributed by atoms with van der Waals surface area (Å²) >= 11 is 0. The monoisotopic (exact) mass is 248 g/mol. The third-order valence-corrected chi connectivity index (χ3v) is 2.71. The van der Waals surface area contributed by atoms with Gasteiger partial charge in [0.1, 0.15) is 5.82 Å². The molecular formula is C13H13FN2O2. The number of nitrogens with zero attached hydrogens (tertiary/aromatic N) is 2. The summed E-state index contributed by atoms with van der Waals surface area (Å²) in [7, 11) is 3.19. The second-order valence-corrected chi connectivity index (χ2v) is 3.90. The fourth-order valence-corrected chi connectivity index (χ4v) is 1.65. The Morgan fingerprint density at radius 1 is 1.50 bits per heavy atom. The molecule has 0 fully saturated rings. The molecule has 0 aliphatic rings. The van der Waals surface area contributed by atoms with Crippen molar-refractivity contribution in [2.24, 2.45) is 7.05 Å². The Morgan fingerprint density at radius 3 is 2.89 bits per heavy atom. The minimum atomic E-state index is -0.481. The molecule has 0 radical (unpaired) electrons. The fourth-order valence-electron chi connectivity index (χ4n) is 1.65. The van der Waals surface area contributed by atoms with Gasteiger partial charge in [0.2, 0.25) is 0 Å². The highest BCUT2D eigenvalue weighted by Gasteiger charge is 2.12. The van der Waals surface area contributed by atoms with E-state index in [0.29, 0.717) is 11.4 Å². The van der Waals surface area contributed by atoms with Gasteiger partial charge in [0, 0.05) is 25.0 Å². The average molecular weight is 248 g/mol. The molecule has 0 saturated heterocycles. The van der Waals surface area contributed by atoms with E-state index >= 15 is 0 Å². The summed E-state index contributed by atoms with van der Waals surface area (Å²) < 4.78 is 19.8. The molecule has 0 amide bonds. The summed E-state index contributed by atoms with van der Waals surface area (Å²) in [6, 6.07) is 4.08. The number of ketones is 1. The summed E-state index contributed by atoms with van der Waals surface area (Å²) in [5.41, 5.74) is 0.413. The van der Waals surface area contributed by atoms with E-state index in [0.717, 1.165) is 0 Å². The standard InChI is InChI=1S/C13H13FN2O2/c1-16-6-5-15-13(16)8-11(17)9-3-4-10(14)12(7-9)18-2/h3-7H,8H2,1-2H3. The van der Waals surface area contributed by atoms with Crippen LogP contribution < -0.4 is 4.74 Å². The molecular weight excluding hydrogens is 235 g/mol. The first-order valence-corrected chi connectivity index (χ1v) is 5.44. The molecule has 2 aromatic rings. The zero-order valence-electron chi connectivity index (χ0n) is 10.2. The van der Waals surface area contributed by atoms with E-state index in [9.17, 15) is 9.18 Å². The topological polar surface area (TPSA) is 44.1 Å². The van der Waals surface area contributed by atoms with Crippen molar-refractivity contribution >= 4 is 5.78 Å². The van der Waals surface area contributed by atoms with Crippen LogP contribution in [0.1, 0.15) is 16.2 Å². The molecule has 2 rings (SSSR count). The van der Waals surface area contributed by atoms with Crippen LogP contribution in [0.4, 0.5) is 4.39 Å². The first-order chi connectivity index (χ1) is 8.61. The van der Waals surface area contributed by atoms with Gasteiger partial charge >= 0.3 is 0 Å². The molecule has 1 aromatic heterocycles. The van der Waals surface area contributed by atoms with Gasteiger partial charge in [-0.05, 0) is 18.2 Å². The first kappa shape index (κ1) is 12.3. The molecule has 1 heterocycles. The van der Waals surface area contributed by atoms with Gasteiger partial charge in [0.25, 0.3) is 0 Å². The van der Waals surface area contributed by atoms with Gasteiger partial charge < -0.3 is 9.30 Å². The molecule has 0 atom stereocenters. The molecule has 0 saturated carbocycles. The summed E-state index contributed by atoms with van der Waals surface area (Å²) in [6.45, 7) is 0. The molecule has 5 heteroatoms. The summed E-state index contributed by atoms with van der Waals surface area (Å²) in [6.07, 6.45) is 3.58. The van der Waals surface area contributed by atoms with Crippen LogP contribution in [-0.2, 0) is 13.5 Å². The van der Waals surface area contributed by atoms with Crippen LogP contribution in [0.2, 0.25) is 0 Å². The number of halogens is 1. The van der Waals surface area contributed by atoms with Gasteiger partial charge in [-0.1, -0.05) is 0 Å². The number of carbonyl (C=O) groups excluding carboxylic acids is 1.